The van der Waals surface area contributed by atoms with Crippen LogP contribution in [0.1, 0.15) is 20.3 Å². The van der Waals surface area contributed by atoms with Gasteiger partial charge in [-0.2, -0.15) is 0 Å². The Kier molecular flexibility index (Phi) is 6.42. The van der Waals surface area contributed by atoms with Crippen molar-refractivity contribution in [1.82, 2.24) is 5.32 Å². The van der Waals surface area contributed by atoms with E-state index in [1.54, 1.807) is 6.92 Å². The van der Waals surface area contributed by atoms with Gasteiger partial charge in [-0.15, -0.1) is 11.8 Å². The van der Waals surface area contributed by atoms with Gasteiger partial charge in [0, 0.05) is 10.6 Å². The summed E-state index contributed by atoms with van der Waals surface area (Å²) in [6.07, 6.45) is 0.877. The lowest BCUT2D eigenvalue weighted by atomic mass is 10.1. The van der Waals surface area contributed by atoms with Crippen LogP contribution in [-0.4, -0.2) is 30.9 Å². The molecule has 0 aliphatic heterocycles. The molecule has 0 bridgehead atoms. The SMILES string of the molecule is CCCNC(C)(CSc1ccc(F)c(F)c1)C(=O)OC. The molecule has 6 heteroatoms. The van der Waals surface area contributed by atoms with E-state index < -0.39 is 17.2 Å². The van der Waals surface area contributed by atoms with E-state index in [1.807, 2.05) is 6.92 Å². The predicted octanol–water partition coefficient (Wildman–Crippen LogP) is 2.99. The van der Waals surface area contributed by atoms with E-state index in [-0.39, 0.29) is 5.97 Å². The maximum absolute atomic E-state index is 13.1. The van der Waals surface area contributed by atoms with Crippen LogP contribution in [0.4, 0.5) is 8.78 Å². The van der Waals surface area contributed by atoms with Crippen molar-refractivity contribution in [3.8, 4) is 0 Å². The van der Waals surface area contributed by atoms with Crippen molar-refractivity contribution in [3.05, 3.63) is 29.8 Å². The number of rotatable bonds is 7. The average molecular weight is 303 g/mol. The summed E-state index contributed by atoms with van der Waals surface area (Å²) in [5.41, 5.74) is -0.861. The van der Waals surface area contributed by atoms with E-state index in [0.29, 0.717) is 17.2 Å². The lowest BCUT2D eigenvalue weighted by molar-refractivity contribution is -0.146. The number of carbonyl (C=O) groups is 1. The molecule has 0 saturated heterocycles. The number of methoxy groups -OCH3 is 1. The molecule has 1 unspecified atom stereocenters. The average Bonchev–Trinajstić information content (AvgIpc) is 2.45. The van der Waals surface area contributed by atoms with E-state index in [1.165, 1.54) is 24.9 Å². The molecule has 0 spiro atoms. The molecule has 1 aromatic rings. The molecule has 1 atom stereocenters. The smallest absolute Gasteiger partial charge is 0.326 e. The van der Waals surface area contributed by atoms with Crippen molar-refractivity contribution in [2.75, 3.05) is 19.4 Å². The van der Waals surface area contributed by atoms with Gasteiger partial charge in [-0.1, -0.05) is 6.92 Å². The van der Waals surface area contributed by atoms with Crippen molar-refractivity contribution >= 4 is 17.7 Å². The fourth-order valence-electron chi connectivity index (χ4n) is 1.60. The van der Waals surface area contributed by atoms with Gasteiger partial charge < -0.3 is 10.1 Å². The van der Waals surface area contributed by atoms with Crippen LogP contribution in [0.15, 0.2) is 23.1 Å². The second-order valence-electron chi connectivity index (χ2n) is 4.62. The lowest BCUT2D eigenvalue weighted by Gasteiger charge is -2.27. The summed E-state index contributed by atoms with van der Waals surface area (Å²) in [5, 5.41) is 3.13. The van der Waals surface area contributed by atoms with Crippen LogP contribution in [-0.2, 0) is 9.53 Å². The van der Waals surface area contributed by atoms with Crippen molar-refractivity contribution in [2.24, 2.45) is 0 Å². The summed E-state index contributed by atoms with van der Waals surface area (Å²) in [7, 11) is 1.33. The third-order valence-corrected chi connectivity index (χ3v) is 4.13. The van der Waals surface area contributed by atoms with Crippen LogP contribution >= 0.6 is 11.8 Å². The zero-order valence-corrected chi connectivity index (χ0v) is 12.7. The Balaban J connectivity index is 2.75. The van der Waals surface area contributed by atoms with E-state index >= 15 is 0 Å². The standard InChI is InChI=1S/C14H19F2NO2S/c1-4-7-17-14(2,13(18)19-3)9-20-10-5-6-11(15)12(16)8-10/h5-6,8,17H,4,7,9H2,1-3H3. The number of hydrogen-bond acceptors (Lipinski definition) is 4. The minimum Gasteiger partial charge on any atom is -0.468 e. The molecule has 3 nitrogen and oxygen atoms in total. The molecular weight excluding hydrogens is 284 g/mol. The highest BCUT2D eigenvalue weighted by Gasteiger charge is 2.33. The van der Waals surface area contributed by atoms with Crippen LogP contribution in [0, 0.1) is 11.6 Å². The number of esters is 1. The largest absolute Gasteiger partial charge is 0.468 e. The molecule has 20 heavy (non-hydrogen) atoms. The normalized spacial score (nSPS) is 13.8. The number of ether oxygens (including phenoxy) is 1. The third-order valence-electron chi connectivity index (χ3n) is 2.82. The molecular formula is C14H19F2NO2S. The summed E-state index contributed by atoms with van der Waals surface area (Å²) in [5.74, 6) is -1.78. The first kappa shape index (κ1) is 16.9. The molecule has 0 aliphatic carbocycles. The molecule has 0 radical (unpaired) electrons. The summed E-state index contributed by atoms with van der Waals surface area (Å²) in [4.78, 5) is 12.4. The first-order valence-electron chi connectivity index (χ1n) is 6.34. The number of hydrogen-bond donors (Lipinski definition) is 1. The second-order valence-corrected chi connectivity index (χ2v) is 5.66. The van der Waals surface area contributed by atoms with Crippen LogP contribution in [0.5, 0.6) is 0 Å². The molecule has 0 amide bonds. The maximum Gasteiger partial charge on any atom is 0.326 e. The predicted molar refractivity (Wildman–Crippen MR) is 75.8 cm³/mol. The maximum atomic E-state index is 13.1. The van der Waals surface area contributed by atoms with Crippen LogP contribution < -0.4 is 5.32 Å². The highest BCUT2D eigenvalue weighted by atomic mass is 32.2. The minimum atomic E-state index is -0.892. The summed E-state index contributed by atoms with van der Waals surface area (Å²) in [6, 6.07) is 3.69. The van der Waals surface area contributed by atoms with Crippen molar-refractivity contribution in [1.29, 1.82) is 0 Å². The third kappa shape index (κ3) is 4.45. The molecule has 0 fully saturated rings. The van der Waals surface area contributed by atoms with Crippen LogP contribution in [0.2, 0.25) is 0 Å². The van der Waals surface area contributed by atoms with Crippen molar-refractivity contribution in [3.63, 3.8) is 0 Å². The number of nitrogens with one attached hydrogen (secondary N) is 1. The Hall–Kier alpha value is -1.14. The van der Waals surface area contributed by atoms with Gasteiger partial charge in [0.2, 0.25) is 0 Å². The van der Waals surface area contributed by atoms with E-state index in [4.69, 9.17) is 4.74 Å². The molecule has 1 N–H and O–H groups in total. The van der Waals surface area contributed by atoms with E-state index in [2.05, 4.69) is 5.32 Å². The zero-order chi connectivity index (χ0) is 15.2. The summed E-state index contributed by atoms with van der Waals surface area (Å²) < 4.78 is 30.8. The second kappa shape index (κ2) is 7.59. The molecule has 1 aromatic carbocycles. The molecule has 112 valence electrons. The summed E-state index contributed by atoms with van der Waals surface area (Å²) >= 11 is 1.27. The monoisotopic (exact) mass is 303 g/mol. The Morgan fingerprint density at radius 2 is 2.10 bits per heavy atom. The molecule has 0 saturated carbocycles. The highest BCUT2D eigenvalue weighted by Crippen LogP contribution is 2.25. The fraction of sp³-hybridized carbons (Fsp3) is 0.500. The van der Waals surface area contributed by atoms with Gasteiger partial charge in [-0.05, 0) is 38.1 Å². The summed E-state index contributed by atoms with van der Waals surface area (Å²) in [6.45, 7) is 4.40. The van der Waals surface area contributed by atoms with Crippen LogP contribution in [0.3, 0.4) is 0 Å². The van der Waals surface area contributed by atoms with E-state index in [9.17, 15) is 13.6 Å². The quantitative estimate of drug-likeness (QED) is 0.621. The van der Waals surface area contributed by atoms with Gasteiger partial charge in [0.15, 0.2) is 11.6 Å². The topological polar surface area (TPSA) is 38.3 Å². The van der Waals surface area contributed by atoms with Gasteiger partial charge in [0.05, 0.1) is 7.11 Å². The Morgan fingerprint density at radius 1 is 1.40 bits per heavy atom. The molecule has 0 aromatic heterocycles. The van der Waals surface area contributed by atoms with E-state index in [0.717, 1.165) is 18.6 Å². The first-order valence-corrected chi connectivity index (χ1v) is 7.33. The number of benzene rings is 1. The van der Waals surface area contributed by atoms with Crippen molar-refractivity contribution in [2.45, 2.75) is 30.7 Å². The Bertz CT molecular complexity index is 470. The van der Waals surface area contributed by atoms with Crippen molar-refractivity contribution < 1.29 is 18.3 Å². The van der Waals surface area contributed by atoms with Gasteiger partial charge in [-0.25, -0.2) is 8.78 Å². The van der Waals surface area contributed by atoms with Gasteiger partial charge in [-0.3, -0.25) is 4.79 Å². The number of halogens is 2. The number of thioether (sulfide) groups is 1. The molecule has 0 heterocycles. The number of carbonyl (C=O) groups excluding carboxylic acids is 1. The first-order chi connectivity index (χ1) is 9.42. The minimum absolute atomic E-state index is 0.366. The highest BCUT2D eigenvalue weighted by molar-refractivity contribution is 7.99. The Labute approximate surface area is 122 Å². The van der Waals surface area contributed by atoms with Crippen LogP contribution in [0.25, 0.3) is 0 Å². The Morgan fingerprint density at radius 3 is 2.65 bits per heavy atom. The fourth-order valence-corrected chi connectivity index (χ4v) is 2.63. The molecule has 1 rings (SSSR count). The van der Waals surface area contributed by atoms with Gasteiger partial charge in [0.1, 0.15) is 5.54 Å². The lowest BCUT2D eigenvalue weighted by Crippen LogP contribution is -2.52. The van der Waals surface area contributed by atoms with Gasteiger partial charge in [0.25, 0.3) is 0 Å². The zero-order valence-electron chi connectivity index (χ0n) is 11.8. The molecule has 0 aliphatic rings. The van der Waals surface area contributed by atoms with Gasteiger partial charge >= 0.3 is 5.97 Å².